The van der Waals surface area contributed by atoms with Crippen molar-refractivity contribution in [3.05, 3.63) is 30.1 Å². The van der Waals surface area contributed by atoms with Crippen molar-refractivity contribution in [1.29, 1.82) is 0 Å². The van der Waals surface area contributed by atoms with Crippen LogP contribution >= 0.6 is 0 Å². The van der Waals surface area contributed by atoms with Crippen LogP contribution in [-0.2, 0) is 16.1 Å². The summed E-state index contributed by atoms with van der Waals surface area (Å²) in [6.45, 7) is 1.37. The Morgan fingerprint density at radius 2 is 2.32 bits per heavy atom. The lowest BCUT2D eigenvalue weighted by atomic mass is 10.2. The molecule has 1 N–H and O–H groups in total. The smallest absolute Gasteiger partial charge is 0.329 e. The van der Waals surface area contributed by atoms with Crippen molar-refractivity contribution in [2.75, 3.05) is 6.61 Å². The molecule has 1 atom stereocenters. The number of terminal acetylenes is 1. The van der Waals surface area contributed by atoms with E-state index in [0.717, 1.165) is 11.0 Å². The van der Waals surface area contributed by atoms with Gasteiger partial charge in [0.2, 0.25) is 0 Å². The highest BCUT2D eigenvalue weighted by Crippen LogP contribution is 2.22. The van der Waals surface area contributed by atoms with Crippen molar-refractivity contribution >= 4 is 17.0 Å². The molecule has 5 nitrogen and oxygen atoms in total. The van der Waals surface area contributed by atoms with Gasteiger partial charge in [-0.25, -0.2) is 9.78 Å². The zero-order valence-electron chi connectivity index (χ0n) is 10.5. The largest absolute Gasteiger partial charge is 0.451 e. The van der Waals surface area contributed by atoms with Crippen LogP contribution in [0.3, 0.4) is 0 Å². The molecule has 0 aliphatic heterocycles. The second kappa shape index (κ2) is 5.55. The fraction of sp³-hybridized carbons (Fsp3) is 0.286. The lowest BCUT2D eigenvalue weighted by molar-refractivity contribution is -0.145. The molecular formula is C14H14N2O3. The van der Waals surface area contributed by atoms with E-state index in [2.05, 4.69) is 10.9 Å². The fourth-order valence-corrected chi connectivity index (χ4v) is 1.98. The molecule has 0 aliphatic rings. The number of aliphatic hydroxyl groups is 1. The first-order valence-corrected chi connectivity index (χ1v) is 5.85. The van der Waals surface area contributed by atoms with Gasteiger partial charge in [0.25, 0.3) is 0 Å². The average molecular weight is 258 g/mol. The maximum absolute atomic E-state index is 11.9. The maximum Gasteiger partial charge on any atom is 0.329 e. The molecule has 1 unspecified atom stereocenters. The molecule has 1 aromatic carbocycles. The van der Waals surface area contributed by atoms with E-state index in [-0.39, 0.29) is 13.2 Å². The van der Waals surface area contributed by atoms with Gasteiger partial charge in [0, 0.05) is 0 Å². The van der Waals surface area contributed by atoms with Gasteiger partial charge in [-0.05, 0) is 19.1 Å². The van der Waals surface area contributed by atoms with Gasteiger partial charge in [-0.1, -0.05) is 18.1 Å². The molecule has 0 saturated carbocycles. The second-order valence-corrected chi connectivity index (χ2v) is 4.03. The molecule has 98 valence electrons. The summed E-state index contributed by atoms with van der Waals surface area (Å²) in [6.07, 6.45) is 5.06. The Morgan fingerprint density at radius 1 is 1.58 bits per heavy atom. The Balaban J connectivity index is 2.43. The molecule has 1 heterocycles. The summed E-state index contributed by atoms with van der Waals surface area (Å²) < 4.78 is 6.58. The molecule has 2 rings (SSSR count). The number of carbonyl (C=O) groups is 1. The number of aromatic nitrogens is 2. The molecule has 2 aromatic rings. The van der Waals surface area contributed by atoms with Gasteiger partial charge in [-0.2, -0.15) is 0 Å². The zero-order valence-corrected chi connectivity index (χ0v) is 10.5. The minimum Gasteiger partial charge on any atom is -0.451 e. The molecule has 1 aromatic heterocycles. The molecule has 0 spiro atoms. The minimum atomic E-state index is -0.595. The first-order valence-electron chi connectivity index (χ1n) is 5.85. The lowest BCUT2D eigenvalue weighted by Gasteiger charge is -2.15. The van der Waals surface area contributed by atoms with Crippen molar-refractivity contribution < 1.29 is 14.6 Å². The highest BCUT2D eigenvalue weighted by atomic mass is 16.5. The number of para-hydroxylation sites is 2. The van der Waals surface area contributed by atoms with Crippen LogP contribution in [0.15, 0.2) is 24.3 Å². The molecule has 19 heavy (non-hydrogen) atoms. The molecular weight excluding hydrogens is 244 g/mol. The number of ether oxygens (including phenoxy) is 1. The van der Waals surface area contributed by atoms with E-state index < -0.39 is 12.0 Å². The van der Waals surface area contributed by atoms with Gasteiger partial charge in [-0.15, -0.1) is 6.42 Å². The van der Waals surface area contributed by atoms with Crippen LogP contribution in [0, 0.1) is 12.3 Å². The molecule has 0 aliphatic carbocycles. The Hall–Kier alpha value is -2.32. The fourth-order valence-electron chi connectivity index (χ4n) is 1.98. The van der Waals surface area contributed by atoms with Crippen LogP contribution in [0.25, 0.3) is 11.0 Å². The molecule has 5 heteroatoms. The second-order valence-electron chi connectivity index (χ2n) is 4.03. The molecule has 0 saturated heterocycles. The zero-order chi connectivity index (χ0) is 13.8. The number of rotatable bonds is 4. The predicted molar refractivity (Wildman–Crippen MR) is 70.2 cm³/mol. The monoisotopic (exact) mass is 258 g/mol. The minimum absolute atomic E-state index is 0.0652. The van der Waals surface area contributed by atoms with Gasteiger partial charge in [0.05, 0.1) is 11.0 Å². The number of imidazole rings is 1. The van der Waals surface area contributed by atoms with Crippen LogP contribution in [0.1, 0.15) is 18.8 Å². The number of hydrogen-bond acceptors (Lipinski definition) is 4. The van der Waals surface area contributed by atoms with Gasteiger partial charge in [-0.3, -0.25) is 0 Å². The van der Waals surface area contributed by atoms with E-state index in [0.29, 0.717) is 5.82 Å². The quantitative estimate of drug-likeness (QED) is 0.662. The number of hydrogen-bond donors (Lipinski definition) is 1. The predicted octanol–water partition coefficient (Wildman–Crippen LogP) is 1.27. The van der Waals surface area contributed by atoms with Crippen molar-refractivity contribution in [3.8, 4) is 12.3 Å². The first-order chi connectivity index (χ1) is 9.19. The van der Waals surface area contributed by atoms with Gasteiger partial charge in [0.1, 0.15) is 18.5 Å². The molecule has 0 amide bonds. The number of esters is 1. The van der Waals surface area contributed by atoms with E-state index in [9.17, 15) is 9.90 Å². The number of aliphatic hydroxyl groups excluding tert-OH is 1. The van der Waals surface area contributed by atoms with Crippen LogP contribution in [-0.4, -0.2) is 27.2 Å². The summed E-state index contributed by atoms with van der Waals surface area (Å²) in [7, 11) is 0. The van der Waals surface area contributed by atoms with Gasteiger partial charge >= 0.3 is 5.97 Å². The normalized spacial score (nSPS) is 12.1. The summed E-state index contributed by atoms with van der Waals surface area (Å²) in [5, 5.41) is 9.36. The molecule has 0 bridgehead atoms. The summed E-state index contributed by atoms with van der Waals surface area (Å²) in [4.78, 5) is 16.1. The van der Waals surface area contributed by atoms with E-state index in [1.54, 1.807) is 11.5 Å². The number of carbonyl (C=O) groups excluding carboxylic acids is 1. The summed E-state index contributed by atoms with van der Waals surface area (Å²) in [6, 6.07) is 6.77. The summed E-state index contributed by atoms with van der Waals surface area (Å²) >= 11 is 0. The van der Waals surface area contributed by atoms with Crippen molar-refractivity contribution in [1.82, 2.24) is 9.55 Å². The summed E-state index contributed by atoms with van der Waals surface area (Å²) in [5.41, 5.74) is 1.50. The Kier molecular flexibility index (Phi) is 3.83. The van der Waals surface area contributed by atoms with Gasteiger partial charge < -0.3 is 14.4 Å². The third kappa shape index (κ3) is 2.44. The Bertz CT molecular complexity index is 640. The van der Waals surface area contributed by atoms with Crippen LogP contribution in [0.5, 0.6) is 0 Å². The van der Waals surface area contributed by atoms with Crippen molar-refractivity contribution in [2.24, 2.45) is 0 Å². The molecule has 0 radical (unpaired) electrons. The first kappa shape index (κ1) is 13.1. The SMILES string of the molecule is C#CCOC(=O)C(C)n1c(CO)nc2ccccc21. The van der Waals surface area contributed by atoms with Crippen molar-refractivity contribution in [2.45, 2.75) is 19.6 Å². The van der Waals surface area contributed by atoms with E-state index >= 15 is 0 Å². The van der Waals surface area contributed by atoms with E-state index in [4.69, 9.17) is 11.2 Å². The van der Waals surface area contributed by atoms with Crippen molar-refractivity contribution in [3.63, 3.8) is 0 Å². The Morgan fingerprint density at radius 3 is 3.00 bits per heavy atom. The standard InChI is InChI=1S/C14H14N2O3/c1-3-8-19-14(18)10(2)16-12-7-5-4-6-11(12)15-13(16)9-17/h1,4-7,10,17H,8-9H2,2H3. The third-order valence-corrected chi connectivity index (χ3v) is 2.84. The molecule has 0 fully saturated rings. The van der Waals surface area contributed by atoms with Crippen LogP contribution in [0.4, 0.5) is 0 Å². The maximum atomic E-state index is 11.9. The van der Waals surface area contributed by atoms with Crippen LogP contribution in [0.2, 0.25) is 0 Å². The summed E-state index contributed by atoms with van der Waals surface area (Å²) in [5.74, 6) is 2.22. The Labute approximate surface area is 110 Å². The highest BCUT2D eigenvalue weighted by Gasteiger charge is 2.21. The van der Waals surface area contributed by atoms with E-state index in [1.807, 2.05) is 24.3 Å². The third-order valence-electron chi connectivity index (χ3n) is 2.84. The lowest BCUT2D eigenvalue weighted by Crippen LogP contribution is -2.21. The van der Waals surface area contributed by atoms with E-state index in [1.165, 1.54) is 0 Å². The number of fused-ring (bicyclic) bond motifs is 1. The van der Waals surface area contributed by atoms with Gasteiger partial charge in [0.15, 0.2) is 6.61 Å². The number of nitrogens with zero attached hydrogens (tertiary/aromatic N) is 2. The topological polar surface area (TPSA) is 64.3 Å². The highest BCUT2D eigenvalue weighted by molar-refractivity contribution is 5.81. The average Bonchev–Trinajstić information content (AvgIpc) is 2.82. The number of benzene rings is 1. The van der Waals surface area contributed by atoms with Crippen LogP contribution < -0.4 is 0 Å².